The van der Waals surface area contributed by atoms with E-state index in [1.807, 2.05) is 69.3 Å². The van der Waals surface area contributed by atoms with Crippen LogP contribution in [0.5, 0.6) is 0 Å². The molecule has 0 fully saturated rings. The van der Waals surface area contributed by atoms with Crippen LogP contribution in [0.1, 0.15) is 43.5 Å². The zero-order valence-corrected chi connectivity index (χ0v) is 17.4. The van der Waals surface area contributed by atoms with Gasteiger partial charge in [-0.25, -0.2) is 0 Å². The number of hydrogen-bond donors (Lipinski definition) is 1. The van der Waals surface area contributed by atoms with Gasteiger partial charge in [-0.2, -0.15) is 0 Å². The number of aromatic nitrogens is 1. The van der Waals surface area contributed by atoms with Crippen LogP contribution in [0, 0.1) is 0 Å². The Bertz CT molecular complexity index is 848. The maximum atomic E-state index is 13.4. The number of carbonyl (C=O) groups is 1. The summed E-state index contributed by atoms with van der Waals surface area (Å²) >= 11 is 0. The van der Waals surface area contributed by atoms with Crippen molar-refractivity contribution in [3.63, 3.8) is 0 Å². The van der Waals surface area contributed by atoms with Gasteiger partial charge in [0, 0.05) is 31.0 Å². The summed E-state index contributed by atoms with van der Waals surface area (Å²) < 4.78 is 0. The highest BCUT2D eigenvalue weighted by Crippen LogP contribution is 2.26. The summed E-state index contributed by atoms with van der Waals surface area (Å²) in [7, 11) is 0. The molecular weight excluding hydrogens is 358 g/mol. The van der Waals surface area contributed by atoms with Gasteiger partial charge in [0.1, 0.15) is 6.04 Å². The van der Waals surface area contributed by atoms with Crippen molar-refractivity contribution < 1.29 is 4.79 Å². The zero-order chi connectivity index (χ0) is 20.7. The largest absolute Gasteiger partial charge is 0.350 e. The number of nitrogens with zero attached hydrogens (tertiary/aromatic N) is 2. The molecule has 0 bridgehead atoms. The van der Waals surface area contributed by atoms with E-state index in [-0.39, 0.29) is 11.4 Å². The van der Waals surface area contributed by atoms with Crippen molar-refractivity contribution in [1.29, 1.82) is 0 Å². The topological polar surface area (TPSA) is 45.2 Å². The molecule has 150 valence electrons. The minimum atomic E-state index is -0.419. The monoisotopic (exact) mass is 387 g/mol. The Morgan fingerprint density at radius 1 is 0.862 bits per heavy atom. The second kappa shape index (κ2) is 9.48. The van der Waals surface area contributed by atoms with Gasteiger partial charge in [-0.05, 0) is 49.6 Å². The third kappa shape index (κ3) is 6.26. The fourth-order valence-electron chi connectivity index (χ4n) is 3.39. The van der Waals surface area contributed by atoms with E-state index in [1.54, 1.807) is 12.4 Å². The van der Waals surface area contributed by atoms with E-state index in [0.29, 0.717) is 13.1 Å². The highest BCUT2D eigenvalue weighted by atomic mass is 16.2. The number of carbonyl (C=O) groups excluding carboxylic acids is 1. The first-order chi connectivity index (χ1) is 13.9. The van der Waals surface area contributed by atoms with Crippen molar-refractivity contribution in [1.82, 2.24) is 15.2 Å². The molecule has 0 aliphatic heterocycles. The highest BCUT2D eigenvalue weighted by Gasteiger charge is 2.30. The molecule has 0 saturated heterocycles. The number of nitrogens with one attached hydrogen (secondary N) is 1. The molecule has 0 radical (unpaired) electrons. The standard InChI is InChI=1S/C25H29N3O/c1-25(2,3)27-24(29)23(22-14-16-26-17-15-22)28(18-20-10-6-4-7-11-20)19-21-12-8-5-9-13-21/h4-17,23H,18-19H2,1-3H3,(H,27,29). The van der Waals surface area contributed by atoms with Crippen LogP contribution >= 0.6 is 0 Å². The lowest BCUT2D eigenvalue weighted by molar-refractivity contribution is -0.128. The molecule has 3 rings (SSSR count). The van der Waals surface area contributed by atoms with Gasteiger partial charge in [0.25, 0.3) is 0 Å². The summed E-state index contributed by atoms with van der Waals surface area (Å²) in [5.74, 6) is -0.00411. The second-order valence-electron chi connectivity index (χ2n) is 8.30. The lowest BCUT2D eigenvalue weighted by Gasteiger charge is -2.33. The quantitative estimate of drug-likeness (QED) is 0.637. The molecule has 29 heavy (non-hydrogen) atoms. The van der Waals surface area contributed by atoms with Crippen LogP contribution in [0.4, 0.5) is 0 Å². The normalized spacial score (nSPS) is 12.6. The summed E-state index contributed by atoms with van der Waals surface area (Å²) in [5, 5.41) is 3.17. The van der Waals surface area contributed by atoms with E-state index in [9.17, 15) is 4.79 Å². The molecule has 4 heteroatoms. The first-order valence-corrected chi connectivity index (χ1v) is 9.96. The Morgan fingerprint density at radius 2 is 1.34 bits per heavy atom. The average molecular weight is 388 g/mol. The maximum Gasteiger partial charge on any atom is 0.242 e. The predicted molar refractivity (Wildman–Crippen MR) is 117 cm³/mol. The lowest BCUT2D eigenvalue weighted by atomic mass is 10.0. The Labute approximate surface area is 173 Å². The summed E-state index contributed by atoms with van der Waals surface area (Å²) in [5.41, 5.74) is 2.97. The van der Waals surface area contributed by atoms with Crippen molar-refractivity contribution >= 4 is 5.91 Å². The number of hydrogen-bond acceptors (Lipinski definition) is 3. The summed E-state index contributed by atoms with van der Waals surface area (Å²) in [6.45, 7) is 7.36. The third-order valence-electron chi connectivity index (χ3n) is 4.59. The van der Waals surface area contributed by atoms with Gasteiger partial charge in [0.15, 0.2) is 0 Å². The van der Waals surface area contributed by atoms with Crippen molar-refractivity contribution in [2.45, 2.75) is 45.4 Å². The van der Waals surface area contributed by atoms with Crippen LogP contribution in [0.3, 0.4) is 0 Å². The van der Waals surface area contributed by atoms with Gasteiger partial charge >= 0.3 is 0 Å². The lowest BCUT2D eigenvalue weighted by Crippen LogP contribution is -2.47. The summed E-state index contributed by atoms with van der Waals surface area (Å²) in [6.07, 6.45) is 3.49. The van der Waals surface area contributed by atoms with Crippen molar-refractivity contribution in [2.24, 2.45) is 0 Å². The van der Waals surface area contributed by atoms with Crippen LogP contribution in [-0.2, 0) is 17.9 Å². The first-order valence-electron chi connectivity index (χ1n) is 9.96. The average Bonchev–Trinajstić information content (AvgIpc) is 2.69. The molecule has 0 aliphatic rings. The van der Waals surface area contributed by atoms with Gasteiger partial charge in [-0.1, -0.05) is 60.7 Å². The van der Waals surface area contributed by atoms with Gasteiger partial charge in [0.2, 0.25) is 5.91 Å². The fraction of sp³-hybridized carbons (Fsp3) is 0.280. The van der Waals surface area contributed by atoms with Crippen molar-refractivity contribution in [2.75, 3.05) is 0 Å². The molecule has 3 aromatic rings. The number of benzene rings is 2. The van der Waals surface area contributed by atoms with Crippen LogP contribution in [0.25, 0.3) is 0 Å². The Kier molecular flexibility index (Phi) is 6.78. The number of amides is 1. The second-order valence-corrected chi connectivity index (χ2v) is 8.30. The zero-order valence-electron chi connectivity index (χ0n) is 17.4. The molecule has 1 amide bonds. The van der Waals surface area contributed by atoms with E-state index in [2.05, 4.69) is 39.5 Å². The van der Waals surface area contributed by atoms with Gasteiger partial charge in [-0.3, -0.25) is 14.7 Å². The highest BCUT2D eigenvalue weighted by molar-refractivity contribution is 5.83. The van der Waals surface area contributed by atoms with Crippen LogP contribution < -0.4 is 5.32 Å². The molecule has 4 nitrogen and oxygen atoms in total. The number of pyridine rings is 1. The molecule has 0 saturated carbocycles. The Hall–Kier alpha value is -2.98. The summed E-state index contributed by atoms with van der Waals surface area (Å²) in [4.78, 5) is 19.8. The van der Waals surface area contributed by atoms with Gasteiger partial charge in [-0.15, -0.1) is 0 Å². The molecular formula is C25H29N3O. The van der Waals surface area contributed by atoms with Crippen molar-refractivity contribution in [3.05, 3.63) is 102 Å². The van der Waals surface area contributed by atoms with E-state index < -0.39 is 6.04 Å². The van der Waals surface area contributed by atoms with Gasteiger partial charge in [0.05, 0.1) is 0 Å². The van der Waals surface area contributed by atoms with Crippen LogP contribution in [0.2, 0.25) is 0 Å². The summed E-state index contributed by atoms with van der Waals surface area (Å²) in [6, 6.07) is 24.0. The first kappa shape index (κ1) is 20.7. The Balaban J connectivity index is 1.99. The minimum Gasteiger partial charge on any atom is -0.350 e. The third-order valence-corrected chi connectivity index (χ3v) is 4.59. The molecule has 1 N–H and O–H groups in total. The Morgan fingerprint density at radius 3 is 1.79 bits per heavy atom. The smallest absolute Gasteiger partial charge is 0.242 e. The van der Waals surface area contributed by atoms with Gasteiger partial charge < -0.3 is 5.32 Å². The number of rotatable bonds is 7. The molecule has 2 aromatic carbocycles. The van der Waals surface area contributed by atoms with Crippen LogP contribution in [-0.4, -0.2) is 21.3 Å². The van der Waals surface area contributed by atoms with E-state index in [1.165, 1.54) is 11.1 Å². The predicted octanol–water partition coefficient (Wildman–Crippen LogP) is 4.74. The minimum absolute atomic E-state index is 0.00411. The molecule has 1 aromatic heterocycles. The van der Waals surface area contributed by atoms with E-state index >= 15 is 0 Å². The maximum absolute atomic E-state index is 13.4. The molecule has 1 atom stereocenters. The van der Waals surface area contributed by atoms with Crippen molar-refractivity contribution in [3.8, 4) is 0 Å². The molecule has 1 heterocycles. The fourth-order valence-corrected chi connectivity index (χ4v) is 3.39. The van der Waals surface area contributed by atoms with E-state index in [4.69, 9.17) is 0 Å². The molecule has 0 aliphatic carbocycles. The van der Waals surface area contributed by atoms with Crippen LogP contribution in [0.15, 0.2) is 85.2 Å². The molecule has 1 unspecified atom stereocenters. The van der Waals surface area contributed by atoms with E-state index in [0.717, 1.165) is 5.56 Å². The SMILES string of the molecule is CC(C)(C)NC(=O)C(c1ccncc1)N(Cc1ccccc1)Cc1ccccc1. The molecule has 0 spiro atoms.